The summed E-state index contributed by atoms with van der Waals surface area (Å²) in [5.41, 5.74) is -0.364. The van der Waals surface area contributed by atoms with E-state index in [1.807, 2.05) is 0 Å². The van der Waals surface area contributed by atoms with Crippen molar-refractivity contribution in [1.29, 1.82) is 0 Å². The first-order chi connectivity index (χ1) is 7.95. The highest BCUT2D eigenvalue weighted by atomic mass is 19.2. The van der Waals surface area contributed by atoms with Gasteiger partial charge in [0.05, 0.1) is 5.69 Å². The van der Waals surface area contributed by atoms with E-state index in [0.29, 0.717) is 18.7 Å². The van der Waals surface area contributed by atoms with Gasteiger partial charge in [-0.1, -0.05) is 6.92 Å². The Morgan fingerprint density at radius 1 is 1.24 bits per heavy atom. The van der Waals surface area contributed by atoms with Crippen LogP contribution in [0.2, 0.25) is 0 Å². The third-order valence-corrected chi connectivity index (χ3v) is 2.23. The van der Waals surface area contributed by atoms with E-state index in [1.54, 1.807) is 14.0 Å². The van der Waals surface area contributed by atoms with Gasteiger partial charge in [-0.3, -0.25) is 4.79 Å². The first-order valence-electron chi connectivity index (χ1n) is 5.05. The molecule has 0 aliphatic heterocycles. The number of hydrogen-bond acceptors (Lipinski definition) is 2. The summed E-state index contributed by atoms with van der Waals surface area (Å²) in [6, 6.07) is 1.02. The quantitative estimate of drug-likeness (QED) is 0.797. The van der Waals surface area contributed by atoms with Crippen LogP contribution in [-0.2, 0) is 4.79 Å². The highest BCUT2D eigenvalue weighted by Crippen LogP contribution is 2.18. The molecule has 0 bridgehead atoms. The monoisotopic (exact) mass is 246 g/mol. The largest absolute Gasteiger partial charge is 0.323 e. The van der Waals surface area contributed by atoms with E-state index in [-0.39, 0.29) is 5.69 Å². The van der Waals surface area contributed by atoms with Crippen molar-refractivity contribution in [2.24, 2.45) is 5.92 Å². The van der Waals surface area contributed by atoms with Gasteiger partial charge in [-0.25, -0.2) is 13.2 Å². The molecule has 0 aliphatic rings. The Hall–Kier alpha value is -1.56. The van der Waals surface area contributed by atoms with Gasteiger partial charge in [0.1, 0.15) is 5.82 Å². The highest BCUT2D eigenvalue weighted by molar-refractivity contribution is 5.92. The molecule has 0 fully saturated rings. The van der Waals surface area contributed by atoms with Crippen molar-refractivity contribution in [1.82, 2.24) is 5.32 Å². The van der Waals surface area contributed by atoms with Crippen LogP contribution in [0.3, 0.4) is 0 Å². The van der Waals surface area contributed by atoms with Crippen LogP contribution in [0, 0.1) is 23.4 Å². The molecular weight excluding hydrogens is 233 g/mol. The third-order valence-electron chi connectivity index (χ3n) is 2.23. The first kappa shape index (κ1) is 13.5. The molecule has 6 heteroatoms. The van der Waals surface area contributed by atoms with Gasteiger partial charge < -0.3 is 10.6 Å². The third kappa shape index (κ3) is 3.45. The number of anilines is 1. The molecule has 1 unspecified atom stereocenters. The lowest BCUT2D eigenvalue weighted by atomic mass is 10.1. The van der Waals surface area contributed by atoms with Crippen LogP contribution in [0.15, 0.2) is 12.1 Å². The molecule has 3 nitrogen and oxygen atoms in total. The maximum atomic E-state index is 13.2. The summed E-state index contributed by atoms with van der Waals surface area (Å²) in [5.74, 6) is -4.38. The van der Waals surface area contributed by atoms with Crippen LogP contribution in [0.4, 0.5) is 18.9 Å². The van der Waals surface area contributed by atoms with Crippen molar-refractivity contribution in [3.05, 3.63) is 29.6 Å². The molecule has 0 saturated heterocycles. The summed E-state index contributed by atoms with van der Waals surface area (Å²) in [4.78, 5) is 11.5. The number of rotatable bonds is 4. The van der Waals surface area contributed by atoms with E-state index in [9.17, 15) is 18.0 Å². The number of halogens is 3. The number of benzene rings is 1. The maximum Gasteiger partial charge on any atom is 0.228 e. The van der Waals surface area contributed by atoms with Gasteiger partial charge in [0.25, 0.3) is 0 Å². The average Bonchev–Trinajstić information content (AvgIpc) is 2.26. The van der Waals surface area contributed by atoms with Crippen LogP contribution < -0.4 is 10.6 Å². The zero-order valence-electron chi connectivity index (χ0n) is 9.48. The Morgan fingerprint density at radius 3 is 2.41 bits per heavy atom. The summed E-state index contributed by atoms with van der Waals surface area (Å²) >= 11 is 0. The number of carbonyl (C=O) groups is 1. The second-order valence-electron chi connectivity index (χ2n) is 3.69. The Kier molecular flexibility index (Phi) is 4.51. The maximum absolute atomic E-state index is 13.2. The molecule has 1 atom stereocenters. The van der Waals surface area contributed by atoms with E-state index in [1.165, 1.54) is 0 Å². The van der Waals surface area contributed by atoms with Gasteiger partial charge in [0, 0.05) is 24.6 Å². The fourth-order valence-corrected chi connectivity index (χ4v) is 1.27. The molecule has 0 aliphatic carbocycles. The molecule has 0 radical (unpaired) electrons. The Morgan fingerprint density at radius 2 is 1.82 bits per heavy atom. The zero-order chi connectivity index (χ0) is 13.0. The minimum absolute atomic E-state index is 0.364. The Bertz CT molecular complexity index is 423. The van der Waals surface area contributed by atoms with Crippen LogP contribution >= 0.6 is 0 Å². The zero-order valence-corrected chi connectivity index (χ0v) is 9.48. The molecule has 0 spiro atoms. The lowest BCUT2D eigenvalue weighted by Crippen LogP contribution is -2.29. The molecule has 0 aromatic heterocycles. The summed E-state index contributed by atoms with van der Waals surface area (Å²) < 4.78 is 38.7. The van der Waals surface area contributed by atoms with E-state index in [2.05, 4.69) is 10.6 Å². The Labute approximate surface area is 97.0 Å². The number of hydrogen-bond donors (Lipinski definition) is 2. The fourth-order valence-electron chi connectivity index (χ4n) is 1.27. The SMILES string of the molecule is CNCC(C)C(=O)Nc1cc(F)c(F)cc1F. The van der Waals surface area contributed by atoms with Crippen LogP contribution in [-0.4, -0.2) is 19.5 Å². The second-order valence-corrected chi connectivity index (χ2v) is 3.69. The lowest BCUT2D eigenvalue weighted by Gasteiger charge is -2.12. The number of nitrogens with one attached hydrogen (secondary N) is 2. The molecule has 0 saturated carbocycles. The van der Waals surface area contributed by atoms with Crippen molar-refractivity contribution < 1.29 is 18.0 Å². The van der Waals surface area contributed by atoms with Crippen LogP contribution in [0.25, 0.3) is 0 Å². The Balaban J connectivity index is 2.81. The summed E-state index contributed by atoms with van der Waals surface area (Å²) in [6.45, 7) is 2.03. The standard InChI is InChI=1S/C11H13F3N2O/c1-6(5-15-2)11(17)16-10-4-8(13)7(12)3-9(10)14/h3-4,6,15H,5H2,1-2H3,(H,16,17). The van der Waals surface area contributed by atoms with Gasteiger partial charge in [0.2, 0.25) is 5.91 Å². The molecule has 0 heterocycles. The highest BCUT2D eigenvalue weighted by Gasteiger charge is 2.16. The molecule has 2 N–H and O–H groups in total. The van der Waals surface area contributed by atoms with Crippen LogP contribution in [0.1, 0.15) is 6.92 Å². The van der Waals surface area contributed by atoms with Crippen molar-refractivity contribution >= 4 is 11.6 Å². The van der Waals surface area contributed by atoms with Gasteiger partial charge in [0.15, 0.2) is 11.6 Å². The molecule has 1 amide bonds. The van der Waals surface area contributed by atoms with Crippen molar-refractivity contribution in [3.63, 3.8) is 0 Å². The molecular formula is C11H13F3N2O. The molecule has 94 valence electrons. The van der Waals surface area contributed by atoms with Crippen molar-refractivity contribution in [2.75, 3.05) is 18.9 Å². The van der Waals surface area contributed by atoms with Crippen LogP contribution in [0.5, 0.6) is 0 Å². The smallest absolute Gasteiger partial charge is 0.228 e. The molecule has 1 aromatic carbocycles. The second kappa shape index (κ2) is 5.67. The van der Waals surface area contributed by atoms with Crippen molar-refractivity contribution in [3.8, 4) is 0 Å². The molecule has 1 rings (SSSR count). The van der Waals surface area contributed by atoms with Gasteiger partial charge >= 0.3 is 0 Å². The van der Waals surface area contributed by atoms with Gasteiger partial charge in [-0.05, 0) is 7.05 Å². The number of carbonyl (C=O) groups excluding carboxylic acids is 1. The normalized spacial score (nSPS) is 12.3. The predicted molar refractivity (Wildman–Crippen MR) is 58.0 cm³/mol. The van der Waals surface area contributed by atoms with E-state index in [0.717, 1.165) is 0 Å². The van der Waals surface area contributed by atoms with E-state index >= 15 is 0 Å². The van der Waals surface area contributed by atoms with Gasteiger partial charge in [-0.2, -0.15) is 0 Å². The summed E-state index contributed by atoms with van der Waals surface area (Å²) in [7, 11) is 1.67. The first-order valence-corrected chi connectivity index (χ1v) is 5.05. The van der Waals surface area contributed by atoms with E-state index in [4.69, 9.17) is 0 Å². The average molecular weight is 246 g/mol. The van der Waals surface area contributed by atoms with Gasteiger partial charge in [-0.15, -0.1) is 0 Å². The molecule has 1 aromatic rings. The minimum atomic E-state index is -1.29. The predicted octanol–water partition coefficient (Wildman–Crippen LogP) is 1.90. The lowest BCUT2D eigenvalue weighted by molar-refractivity contribution is -0.119. The summed E-state index contributed by atoms with van der Waals surface area (Å²) in [5, 5.41) is 4.98. The number of amides is 1. The van der Waals surface area contributed by atoms with E-state index < -0.39 is 29.3 Å². The van der Waals surface area contributed by atoms with Crippen molar-refractivity contribution in [2.45, 2.75) is 6.92 Å². The topological polar surface area (TPSA) is 41.1 Å². The molecule has 17 heavy (non-hydrogen) atoms. The minimum Gasteiger partial charge on any atom is -0.323 e. The fraction of sp³-hybridized carbons (Fsp3) is 0.364. The summed E-state index contributed by atoms with van der Waals surface area (Å²) in [6.07, 6.45) is 0.